The van der Waals surface area contributed by atoms with Crippen molar-refractivity contribution in [3.8, 4) is 11.3 Å². The van der Waals surface area contributed by atoms with Crippen LogP contribution in [-0.4, -0.2) is 31.5 Å². The lowest BCUT2D eigenvalue weighted by Gasteiger charge is -2.10. The summed E-state index contributed by atoms with van der Waals surface area (Å²) in [4.78, 5) is 26.1. The maximum absolute atomic E-state index is 13.0. The third-order valence-electron chi connectivity index (χ3n) is 5.59. The third-order valence-corrected chi connectivity index (χ3v) is 5.59. The molecule has 0 saturated carbocycles. The highest BCUT2D eigenvalue weighted by atomic mass is 16.2. The number of anilines is 1. The summed E-state index contributed by atoms with van der Waals surface area (Å²) in [5, 5.41) is 15.5. The molecule has 2 heterocycles. The Morgan fingerprint density at radius 1 is 0.765 bits per heavy atom. The van der Waals surface area contributed by atoms with Crippen LogP contribution < -0.4 is 5.32 Å². The van der Waals surface area contributed by atoms with Gasteiger partial charge in [0.25, 0.3) is 5.91 Å². The van der Waals surface area contributed by atoms with E-state index in [0.29, 0.717) is 33.8 Å². The normalized spacial score (nSPS) is 10.9. The van der Waals surface area contributed by atoms with Crippen molar-refractivity contribution in [1.29, 1.82) is 0 Å². The van der Waals surface area contributed by atoms with Gasteiger partial charge in [-0.1, -0.05) is 60.2 Å². The van der Waals surface area contributed by atoms with Crippen molar-refractivity contribution in [1.82, 2.24) is 19.8 Å². The number of nitrogens with one attached hydrogen (secondary N) is 1. The summed E-state index contributed by atoms with van der Waals surface area (Å²) in [6.45, 7) is 3.81. The lowest BCUT2D eigenvalue weighted by atomic mass is 9.97. The number of hydrogen-bond donors (Lipinski definition) is 1. The van der Waals surface area contributed by atoms with Crippen molar-refractivity contribution in [2.45, 2.75) is 13.8 Å². The van der Waals surface area contributed by atoms with E-state index in [1.165, 1.54) is 0 Å². The van der Waals surface area contributed by atoms with Crippen LogP contribution in [0.2, 0.25) is 0 Å². The smallest absolute Gasteiger partial charge is 0.256 e. The fourth-order valence-electron chi connectivity index (χ4n) is 3.71. The first-order valence-corrected chi connectivity index (χ1v) is 10.8. The van der Waals surface area contributed by atoms with E-state index >= 15 is 0 Å². The number of amides is 1. The van der Waals surface area contributed by atoms with Crippen molar-refractivity contribution in [3.63, 3.8) is 0 Å². The molecule has 1 N–H and O–H groups in total. The number of benzene rings is 3. The molecule has 7 heteroatoms. The van der Waals surface area contributed by atoms with E-state index in [4.69, 9.17) is 0 Å². The van der Waals surface area contributed by atoms with Crippen molar-refractivity contribution in [2.75, 3.05) is 5.32 Å². The predicted octanol–water partition coefficient (Wildman–Crippen LogP) is 4.89. The second-order valence-corrected chi connectivity index (χ2v) is 8.01. The average molecular weight is 447 g/mol. The molecule has 34 heavy (non-hydrogen) atoms. The summed E-state index contributed by atoms with van der Waals surface area (Å²) in [5.41, 5.74) is 5.26. The summed E-state index contributed by atoms with van der Waals surface area (Å²) in [6.07, 6.45) is 0. The maximum Gasteiger partial charge on any atom is 0.256 e. The Bertz CT molecular complexity index is 1520. The zero-order valence-electron chi connectivity index (χ0n) is 18.7. The number of carbonyl (C=O) groups excluding carboxylic acids is 2. The predicted molar refractivity (Wildman–Crippen MR) is 130 cm³/mol. The van der Waals surface area contributed by atoms with Gasteiger partial charge in [0, 0.05) is 22.4 Å². The van der Waals surface area contributed by atoms with Crippen molar-refractivity contribution in [3.05, 3.63) is 113 Å². The Balaban J connectivity index is 1.37. The quantitative estimate of drug-likeness (QED) is 0.388. The number of ketones is 1. The summed E-state index contributed by atoms with van der Waals surface area (Å²) in [7, 11) is 0. The van der Waals surface area contributed by atoms with Crippen LogP contribution in [0, 0.1) is 13.8 Å². The highest BCUT2D eigenvalue weighted by Gasteiger charge is 2.18. The molecule has 0 aliphatic carbocycles. The molecular weight excluding hydrogens is 426 g/mol. The van der Waals surface area contributed by atoms with Gasteiger partial charge in [0.15, 0.2) is 17.3 Å². The molecule has 0 atom stereocenters. The molecule has 7 nitrogen and oxygen atoms in total. The maximum atomic E-state index is 13.0. The Morgan fingerprint density at radius 3 is 2.21 bits per heavy atom. The van der Waals surface area contributed by atoms with Crippen LogP contribution >= 0.6 is 0 Å². The van der Waals surface area contributed by atoms with E-state index in [1.54, 1.807) is 40.9 Å². The van der Waals surface area contributed by atoms with Gasteiger partial charge in [0.1, 0.15) is 0 Å². The molecule has 0 radical (unpaired) electrons. The van der Waals surface area contributed by atoms with Gasteiger partial charge in [-0.05, 0) is 44.2 Å². The number of aromatic nitrogens is 4. The molecule has 0 fully saturated rings. The zero-order chi connectivity index (χ0) is 23.7. The first-order chi connectivity index (χ1) is 16.5. The van der Waals surface area contributed by atoms with Gasteiger partial charge in [-0.3, -0.25) is 9.59 Å². The lowest BCUT2D eigenvalue weighted by molar-refractivity contribution is 0.0996. The van der Waals surface area contributed by atoms with Gasteiger partial charge in [0.05, 0.1) is 11.3 Å². The second-order valence-electron chi connectivity index (χ2n) is 8.01. The van der Waals surface area contributed by atoms with E-state index in [1.807, 2.05) is 62.4 Å². The number of nitrogens with zero attached hydrogens (tertiary/aromatic N) is 4. The minimum atomic E-state index is -0.344. The molecule has 0 aliphatic rings. The monoisotopic (exact) mass is 447 g/mol. The summed E-state index contributed by atoms with van der Waals surface area (Å²) in [6, 6.07) is 25.3. The number of carbonyl (C=O) groups is 2. The Labute approximate surface area is 196 Å². The highest BCUT2D eigenvalue weighted by molar-refractivity contribution is 6.17. The van der Waals surface area contributed by atoms with Gasteiger partial charge >= 0.3 is 0 Å². The van der Waals surface area contributed by atoms with Crippen molar-refractivity contribution < 1.29 is 9.59 Å². The van der Waals surface area contributed by atoms with Gasteiger partial charge in [0.2, 0.25) is 0 Å². The van der Waals surface area contributed by atoms with Crippen LogP contribution in [0.5, 0.6) is 0 Å². The molecule has 2 aromatic heterocycles. The summed E-state index contributed by atoms with van der Waals surface area (Å²) >= 11 is 0. The number of rotatable bonds is 5. The lowest BCUT2D eigenvalue weighted by Crippen LogP contribution is -2.17. The SMILES string of the molecule is Cc1ccc(C(=O)c2ccccc2C(=O)Nc2ccc(-c3ccc4nnc(C)n4n3)cc2)cc1. The first kappa shape index (κ1) is 21.2. The largest absolute Gasteiger partial charge is 0.322 e. The van der Waals surface area contributed by atoms with Crippen LogP contribution in [-0.2, 0) is 0 Å². The molecular formula is C27H21N5O2. The molecule has 1 amide bonds. The molecule has 0 bridgehead atoms. The minimum Gasteiger partial charge on any atom is -0.322 e. The van der Waals surface area contributed by atoms with Gasteiger partial charge in [-0.15, -0.1) is 10.2 Å². The highest BCUT2D eigenvalue weighted by Crippen LogP contribution is 2.22. The molecule has 3 aromatic carbocycles. The van der Waals surface area contributed by atoms with Crippen LogP contribution in [0.15, 0.2) is 84.9 Å². The average Bonchev–Trinajstić information content (AvgIpc) is 3.24. The number of aryl methyl sites for hydroxylation is 2. The third kappa shape index (κ3) is 4.06. The van der Waals surface area contributed by atoms with Crippen molar-refractivity contribution >= 4 is 23.0 Å². The molecule has 0 spiro atoms. The van der Waals surface area contributed by atoms with Crippen LogP contribution in [0.4, 0.5) is 5.69 Å². The fraction of sp³-hybridized carbons (Fsp3) is 0.0741. The van der Waals surface area contributed by atoms with Gasteiger partial charge in [-0.2, -0.15) is 9.61 Å². The van der Waals surface area contributed by atoms with Gasteiger partial charge in [-0.25, -0.2) is 0 Å². The van der Waals surface area contributed by atoms with E-state index in [9.17, 15) is 9.59 Å². The molecule has 166 valence electrons. The van der Waals surface area contributed by atoms with E-state index < -0.39 is 0 Å². The van der Waals surface area contributed by atoms with E-state index in [0.717, 1.165) is 16.8 Å². The minimum absolute atomic E-state index is 0.188. The first-order valence-electron chi connectivity index (χ1n) is 10.8. The Kier molecular flexibility index (Phi) is 5.43. The Hall–Kier alpha value is -4.65. The second kappa shape index (κ2) is 8.71. The van der Waals surface area contributed by atoms with E-state index in [-0.39, 0.29) is 11.7 Å². The molecule has 0 unspecified atom stereocenters. The number of fused-ring (bicyclic) bond motifs is 1. The summed E-state index contributed by atoms with van der Waals surface area (Å²) < 4.78 is 1.69. The number of hydrogen-bond acceptors (Lipinski definition) is 5. The molecule has 0 aliphatic heterocycles. The van der Waals surface area contributed by atoms with E-state index in [2.05, 4.69) is 20.6 Å². The fourth-order valence-corrected chi connectivity index (χ4v) is 3.71. The molecule has 5 aromatic rings. The van der Waals surface area contributed by atoms with Gasteiger partial charge < -0.3 is 5.32 Å². The molecule has 5 rings (SSSR count). The van der Waals surface area contributed by atoms with Crippen LogP contribution in [0.1, 0.15) is 37.7 Å². The Morgan fingerprint density at radius 2 is 1.47 bits per heavy atom. The van der Waals surface area contributed by atoms with Crippen LogP contribution in [0.25, 0.3) is 16.9 Å². The summed E-state index contributed by atoms with van der Waals surface area (Å²) in [5.74, 6) is 0.176. The van der Waals surface area contributed by atoms with Crippen molar-refractivity contribution in [2.24, 2.45) is 0 Å². The van der Waals surface area contributed by atoms with Crippen LogP contribution in [0.3, 0.4) is 0 Å². The zero-order valence-corrected chi connectivity index (χ0v) is 18.7. The standard InChI is InChI=1S/C27H21N5O2/c1-17-7-9-20(10-8-17)26(33)22-5-3-4-6-23(22)27(34)28-21-13-11-19(12-14-21)24-15-16-25-30-29-18(2)32(25)31-24/h3-16H,1-2H3,(H,28,34). The topological polar surface area (TPSA) is 89.2 Å². The molecule has 0 saturated heterocycles.